The number of hydrogen-bond donors (Lipinski definition) is 2. The third kappa shape index (κ3) is 1.21. The van der Waals surface area contributed by atoms with Gasteiger partial charge in [-0.3, -0.25) is 4.72 Å². The molecule has 1 rings (SSSR count). The second kappa shape index (κ2) is 1.88. The Morgan fingerprint density at radius 2 is 2.71 bits per heavy atom. The third-order valence-electron chi connectivity index (χ3n) is 0.517. The molecule has 1 fully saturated rings. The van der Waals surface area contributed by atoms with Crippen LogP contribution >= 0.6 is 24.6 Å². The lowest BCUT2D eigenvalue weighted by Crippen LogP contribution is -1.90. The maximum Gasteiger partial charge on any atom is 0.208 e. The summed E-state index contributed by atoms with van der Waals surface area (Å²) in [6.45, 7) is 3.50. The molecule has 0 aliphatic carbocycles. The van der Waals surface area contributed by atoms with Gasteiger partial charge in [0.15, 0.2) is 5.88 Å². The quantitative estimate of drug-likeness (QED) is 0.381. The van der Waals surface area contributed by atoms with Crippen molar-refractivity contribution in [1.29, 1.82) is 0 Å². The van der Waals surface area contributed by atoms with Gasteiger partial charge in [0.25, 0.3) is 0 Å². The van der Waals surface area contributed by atoms with Gasteiger partial charge < -0.3 is 4.74 Å². The topological polar surface area (TPSA) is 21.3 Å². The minimum Gasteiger partial charge on any atom is -0.453 e. The lowest BCUT2D eigenvalue weighted by molar-refractivity contribution is 0.261. The Hall–Kier alpha value is 0.0400. The molecule has 0 bridgehead atoms. The largest absolute Gasteiger partial charge is 0.453 e. The van der Waals surface area contributed by atoms with E-state index in [0.717, 1.165) is 0 Å². The van der Waals surface area contributed by atoms with Gasteiger partial charge in [0.2, 0.25) is 4.77 Å². The zero-order chi connectivity index (χ0) is 5.28. The van der Waals surface area contributed by atoms with Gasteiger partial charge in [0.05, 0.1) is 0 Å². The van der Waals surface area contributed by atoms with Gasteiger partial charge in [-0.2, -0.15) is 0 Å². The first-order chi connectivity index (χ1) is 3.29. The Morgan fingerprint density at radius 3 is 2.86 bits per heavy atom. The molecule has 0 aromatic carbocycles. The highest BCUT2D eigenvalue weighted by Crippen LogP contribution is 2.22. The van der Waals surface area contributed by atoms with Gasteiger partial charge in [0, 0.05) is 11.9 Å². The summed E-state index contributed by atoms with van der Waals surface area (Å²) in [6.07, 6.45) is 0. The summed E-state index contributed by atoms with van der Waals surface area (Å²) in [5.41, 5.74) is 0. The van der Waals surface area contributed by atoms with E-state index < -0.39 is 0 Å². The fourth-order valence-corrected chi connectivity index (χ4v) is 1.02. The zero-order valence-corrected chi connectivity index (χ0v) is 5.26. The molecule has 40 valence electrons. The Labute approximate surface area is 51.9 Å². The van der Waals surface area contributed by atoms with E-state index in [0.29, 0.717) is 5.88 Å². The van der Waals surface area contributed by atoms with Crippen LogP contribution < -0.4 is 4.72 Å². The van der Waals surface area contributed by atoms with Gasteiger partial charge in [-0.1, -0.05) is 0 Å². The van der Waals surface area contributed by atoms with E-state index in [1.54, 1.807) is 0 Å². The van der Waals surface area contributed by atoms with Crippen molar-refractivity contribution in [3.8, 4) is 0 Å². The number of ether oxygens (including phenoxy) is 1. The molecule has 2 nitrogen and oxygen atoms in total. The number of hydrogen-bond acceptors (Lipinski definition) is 4. The Balaban J connectivity index is 2.40. The van der Waals surface area contributed by atoms with E-state index in [4.69, 9.17) is 4.74 Å². The van der Waals surface area contributed by atoms with Crippen LogP contribution in [-0.4, -0.2) is 4.77 Å². The SMILES string of the molecule is C=C1NSC(S)O1. The van der Waals surface area contributed by atoms with Crippen LogP contribution in [0.1, 0.15) is 0 Å². The Kier molecular flexibility index (Phi) is 1.39. The van der Waals surface area contributed by atoms with E-state index in [2.05, 4.69) is 23.9 Å². The predicted molar refractivity (Wildman–Crippen MR) is 33.7 cm³/mol. The van der Waals surface area contributed by atoms with Gasteiger partial charge in [-0.05, 0) is 6.58 Å². The molecule has 0 amide bonds. The molecule has 0 saturated carbocycles. The first-order valence-corrected chi connectivity index (χ1v) is 3.14. The first kappa shape index (κ1) is 5.18. The molecule has 0 radical (unpaired) electrons. The molecular weight excluding hydrogens is 130 g/mol. The van der Waals surface area contributed by atoms with Crippen LogP contribution in [0.15, 0.2) is 12.5 Å². The molecule has 0 aromatic rings. The smallest absolute Gasteiger partial charge is 0.208 e. The average Bonchev–Trinajstić information content (AvgIpc) is 1.87. The molecular formula is C3H5NOS2. The molecule has 1 aliphatic heterocycles. The van der Waals surface area contributed by atoms with Gasteiger partial charge in [-0.25, -0.2) is 0 Å². The second-order valence-electron chi connectivity index (χ2n) is 1.07. The fraction of sp³-hybridized carbons (Fsp3) is 0.333. The summed E-state index contributed by atoms with van der Waals surface area (Å²) in [5, 5.41) is 0. The Bertz CT molecular complexity index is 94.9. The highest BCUT2D eigenvalue weighted by molar-refractivity contribution is 8.09. The van der Waals surface area contributed by atoms with E-state index in [9.17, 15) is 0 Å². The van der Waals surface area contributed by atoms with Crippen molar-refractivity contribution in [2.24, 2.45) is 0 Å². The summed E-state index contributed by atoms with van der Waals surface area (Å²) in [7, 11) is 0. The second-order valence-corrected chi connectivity index (χ2v) is 2.75. The number of rotatable bonds is 0. The van der Waals surface area contributed by atoms with E-state index >= 15 is 0 Å². The van der Waals surface area contributed by atoms with Crippen LogP contribution in [0.4, 0.5) is 0 Å². The molecule has 7 heavy (non-hydrogen) atoms. The molecule has 1 unspecified atom stereocenters. The minimum absolute atomic E-state index is 0.0764. The van der Waals surface area contributed by atoms with Crippen LogP contribution in [0.25, 0.3) is 0 Å². The third-order valence-corrected chi connectivity index (χ3v) is 1.58. The number of nitrogens with one attached hydrogen (secondary N) is 1. The first-order valence-electron chi connectivity index (χ1n) is 1.74. The average molecular weight is 135 g/mol. The standard InChI is InChI=1S/C3H5NOS2/c1-2-4-7-3(6)5-2/h3-4,6H,1H2. The predicted octanol–water partition coefficient (Wildman–Crippen LogP) is 0.939. The normalized spacial score (nSPS) is 29.3. The molecule has 1 atom stereocenters. The monoisotopic (exact) mass is 135 g/mol. The summed E-state index contributed by atoms with van der Waals surface area (Å²) >= 11 is 5.37. The van der Waals surface area contributed by atoms with Crippen molar-refractivity contribution < 1.29 is 4.74 Å². The molecule has 1 N–H and O–H groups in total. The maximum absolute atomic E-state index is 4.88. The van der Waals surface area contributed by atoms with Crippen molar-refractivity contribution in [3.05, 3.63) is 12.5 Å². The molecule has 1 aliphatic rings. The van der Waals surface area contributed by atoms with Crippen molar-refractivity contribution >= 4 is 24.6 Å². The van der Waals surface area contributed by atoms with Crippen LogP contribution in [0, 0.1) is 0 Å². The molecule has 0 aromatic heterocycles. The summed E-state index contributed by atoms with van der Waals surface area (Å²) in [5.74, 6) is 0.588. The summed E-state index contributed by atoms with van der Waals surface area (Å²) in [6, 6.07) is 0. The maximum atomic E-state index is 4.88. The van der Waals surface area contributed by atoms with Crippen molar-refractivity contribution in [2.75, 3.05) is 0 Å². The van der Waals surface area contributed by atoms with E-state index in [1.165, 1.54) is 11.9 Å². The highest BCUT2D eigenvalue weighted by Gasteiger charge is 2.13. The number of thiol groups is 1. The van der Waals surface area contributed by atoms with E-state index in [-0.39, 0.29) is 4.77 Å². The molecule has 0 spiro atoms. The van der Waals surface area contributed by atoms with E-state index in [1.807, 2.05) is 0 Å². The van der Waals surface area contributed by atoms with Gasteiger partial charge in [-0.15, -0.1) is 12.6 Å². The Morgan fingerprint density at radius 1 is 2.00 bits per heavy atom. The van der Waals surface area contributed by atoms with Crippen LogP contribution in [0.5, 0.6) is 0 Å². The molecule has 1 heterocycles. The van der Waals surface area contributed by atoms with Crippen LogP contribution in [0.2, 0.25) is 0 Å². The molecule has 1 saturated heterocycles. The fourth-order valence-electron chi connectivity index (χ4n) is 0.286. The summed E-state index contributed by atoms with van der Waals surface area (Å²) in [4.78, 5) is 0. The van der Waals surface area contributed by atoms with Crippen molar-refractivity contribution in [1.82, 2.24) is 4.72 Å². The highest BCUT2D eigenvalue weighted by atomic mass is 32.2. The lowest BCUT2D eigenvalue weighted by atomic mass is 11.0. The summed E-state index contributed by atoms with van der Waals surface area (Å²) < 4.78 is 7.60. The van der Waals surface area contributed by atoms with Gasteiger partial charge >= 0.3 is 0 Å². The molecule has 4 heteroatoms. The van der Waals surface area contributed by atoms with Crippen LogP contribution in [0.3, 0.4) is 0 Å². The van der Waals surface area contributed by atoms with Gasteiger partial charge in [0.1, 0.15) is 0 Å². The zero-order valence-electron chi connectivity index (χ0n) is 3.55. The lowest BCUT2D eigenvalue weighted by Gasteiger charge is -1.93. The van der Waals surface area contributed by atoms with Crippen molar-refractivity contribution in [3.63, 3.8) is 0 Å². The van der Waals surface area contributed by atoms with Crippen LogP contribution in [-0.2, 0) is 4.74 Å². The van der Waals surface area contributed by atoms with Crippen molar-refractivity contribution in [2.45, 2.75) is 4.77 Å². The minimum atomic E-state index is -0.0764.